The van der Waals surface area contributed by atoms with Crippen LogP contribution in [-0.4, -0.2) is 45.2 Å². The third-order valence-electron chi connectivity index (χ3n) is 4.32. The minimum atomic E-state index is -0.638. The number of ether oxygens (including phenoxy) is 2. The zero-order chi connectivity index (χ0) is 22.5. The Labute approximate surface area is 181 Å². The van der Waals surface area contributed by atoms with E-state index < -0.39 is 16.1 Å². The number of benzene rings is 2. The lowest BCUT2D eigenvalue weighted by Crippen LogP contribution is -2.24. The Kier molecular flexibility index (Phi) is 6.60. The molecule has 0 saturated carbocycles. The van der Waals surface area contributed by atoms with Crippen LogP contribution >= 0.6 is 11.8 Å². The van der Waals surface area contributed by atoms with Gasteiger partial charge >= 0.3 is 0 Å². The Morgan fingerprint density at radius 1 is 1.19 bits per heavy atom. The topological polar surface area (TPSA) is 147 Å². The first kappa shape index (κ1) is 21.9. The molecule has 0 aliphatic heterocycles. The minimum absolute atomic E-state index is 0.167. The maximum Gasteiger partial charge on any atom is 0.271 e. The van der Waals surface area contributed by atoms with Gasteiger partial charge in [0.1, 0.15) is 11.5 Å². The average molecular weight is 444 g/mol. The van der Waals surface area contributed by atoms with Crippen LogP contribution < -0.4 is 20.6 Å². The van der Waals surface area contributed by atoms with E-state index in [1.165, 1.54) is 30.0 Å². The number of carbonyl (C=O) groups excluding carboxylic acids is 1. The molecule has 0 aliphatic rings. The van der Waals surface area contributed by atoms with Crippen molar-refractivity contribution in [2.75, 3.05) is 25.4 Å². The highest BCUT2D eigenvalue weighted by molar-refractivity contribution is 8.00. The van der Waals surface area contributed by atoms with Crippen LogP contribution in [0.5, 0.6) is 11.5 Å². The summed E-state index contributed by atoms with van der Waals surface area (Å²) < 4.78 is 11.8. The Balaban J connectivity index is 1.78. The first-order valence-corrected chi connectivity index (χ1v) is 9.87. The number of aromatic nitrogens is 3. The summed E-state index contributed by atoms with van der Waals surface area (Å²) in [6, 6.07) is 11.2. The normalized spacial score (nSPS) is 11.6. The fraction of sp³-hybridized carbons (Fsp3) is 0.211. The number of para-hydroxylation sites is 1. The minimum Gasteiger partial charge on any atom is -0.496 e. The molecule has 1 heterocycles. The number of nitrogen functional groups attached to an aromatic ring is 1. The van der Waals surface area contributed by atoms with Gasteiger partial charge in [0, 0.05) is 12.1 Å². The summed E-state index contributed by atoms with van der Waals surface area (Å²) in [6.45, 7) is 1.65. The summed E-state index contributed by atoms with van der Waals surface area (Å²) in [5.41, 5.74) is 0.683. The van der Waals surface area contributed by atoms with Gasteiger partial charge in [-0.05, 0) is 25.1 Å². The van der Waals surface area contributed by atoms with Crippen molar-refractivity contribution in [2.24, 2.45) is 0 Å². The Hall–Kier alpha value is -3.80. The van der Waals surface area contributed by atoms with Gasteiger partial charge in [-0.3, -0.25) is 14.9 Å². The molecule has 1 aromatic heterocycles. The summed E-state index contributed by atoms with van der Waals surface area (Å²) >= 11 is 1.09. The standard InChI is InChI=1S/C19H20N6O5S/c1-11(18(26)21-14-10-12(25(27)28)8-9-16(14)30-3)31-19-23-22-17(24(19)20)13-6-4-5-7-15(13)29-2/h4-11H,20H2,1-3H3,(H,21,26). The molecular formula is C19H20N6O5S. The zero-order valence-corrected chi connectivity index (χ0v) is 17.8. The highest BCUT2D eigenvalue weighted by Crippen LogP contribution is 2.32. The van der Waals surface area contributed by atoms with Gasteiger partial charge in [-0.2, -0.15) is 0 Å². The van der Waals surface area contributed by atoms with E-state index in [4.69, 9.17) is 15.3 Å². The lowest BCUT2D eigenvalue weighted by molar-refractivity contribution is -0.384. The third kappa shape index (κ3) is 4.69. The van der Waals surface area contributed by atoms with Gasteiger partial charge in [0.2, 0.25) is 11.1 Å². The van der Waals surface area contributed by atoms with Crippen molar-refractivity contribution in [3.05, 3.63) is 52.6 Å². The number of non-ortho nitro benzene ring substituents is 1. The number of nitro benzene ring substituents is 1. The zero-order valence-electron chi connectivity index (χ0n) is 16.9. The number of nitrogens with one attached hydrogen (secondary N) is 1. The molecule has 2 aromatic carbocycles. The van der Waals surface area contributed by atoms with Gasteiger partial charge < -0.3 is 20.6 Å². The molecule has 12 heteroatoms. The van der Waals surface area contributed by atoms with E-state index in [0.717, 1.165) is 11.8 Å². The summed E-state index contributed by atoms with van der Waals surface area (Å²) in [5, 5.41) is 21.5. The molecule has 0 aliphatic carbocycles. The Morgan fingerprint density at radius 3 is 2.58 bits per heavy atom. The molecule has 3 rings (SSSR count). The summed E-state index contributed by atoms with van der Waals surface area (Å²) in [7, 11) is 2.95. The highest BCUT2D eigenvalue weighted by Gasteiger charge is 2.23. The maximum atomic E-state index is 12.7. The van der Waals surface area contributed by atoms with Crippen molar-refractivity contribution in [3.8, 4) is 22.9 Å². The third-order valence-corrected chi connectivity index (χ3v) is 5.37. The van der Waals surface area contributed by atoms with E-state index in [1.54, 1.807) is 26.2 Å². The predicted molar refractivity (Wildman–Crippen MR) is 116 cm³/mol. The van der Waals surface area contributed by atoms with Crippen LogP contribution in [0.1, 0.15) is 6.92 Å². The van der Waals surface area contributed by atoms with E-state index in [2.05, 4.69) is 15.5 Å². The van der Waals surface area contributed by atoms with Crippen molar-refractivity contribution < 1.29 is 19.2 Å². The van der Waals surface area contributed by atoms with Gasteiger partial charge in [-0.1, -0.05) is 23.9 Å². The molecule has 0 spiro atoms. The second kappa shape index (κ2) is 9.34. The molecule has 1 amide bonds. The largest absolute Gasteiger partial charge is 0.496 e. The van der Waals surface area contributed by atoms with Crippen LogP contribution in [0, 0.1) is 10.1 Å². The monoisotopic (exact) mass is 444 g/mol. The first-order valence-electron chi connectivity index (χ1n) is 8.99. The van der Waals surface area contributed by atoms with Crippen LogP contribution in [0.4, 0.5) is 11.4 Å². The van der Waals surface area contributed by atoms with Gasteiger partial charge in [0.05, 0.1) is 35.6 Å². The first-order chi connectivity index (χ1) is 14.8. The van der Waals surface area contributed by atoms with Gasteiger partial charge in [-0.25, -0.2) is 4.68 Å². The number of anilines is 1. The number of amides is 1. The number of hydrogen-bond acceptors (Lipinski definition) is 9. The van der Waals surface area contributed by atoms with Crippen LogP contribution in [0.2, 0.25) is 0 Å². The number of thioether (sulfide) groups is 1. The van der Waals surface area contributed by atoms with Crippen molar-refractivity contribution in [1.82, 2.24) is 14.9 Å². The Bertz CT molecular complexity index is 1120. The second-order valence-electron chi connectivity index (χ2n) is 6.27. The average Bonchev–Trinajstić information content (AvgIpc) is 3.13. The van der Waals surface area contributed by atoms with Crippen molar-refractivity contribution in [1.29, 1.82) is 0 Å². The summed E-state index contributed by atoms with van der Waals surface area (Å²) in [5.74, 6) is 7.01. The molecule has 31 heavy (non-hydrogen) atoms. The molecule has 1 unspecified atom stereocenters. The molecule has 1 atom stereocenters. The number of rotatable bonds is 8. The summed E-state index contributed by atoms with van der Waals surface area (Å²) in [6.07, 6.45) is 0. The molecule has 0 radical (unpaired) electrons. The van der Waals surface area contributed by atoms with Crippen LogP contribution in [0.25, 0.3) is 11.4 Å². The lowest BCUT2D eigenvalue weighted by Gasteiger charge is -2.14. The molecule has 162 valence electrons. The fourth-order valence-corrected chi connectivity index (χ4v) is 3.49. The number of methoxy groups -OCH3 is 2. The molecule has 11 nitrogen and oxygen atoms in total. The van der Waals surface area contributed by atoms with Crippen LogP contribution in [-0.2, 0) is 4.79 Å². The number of nitrogens with two attached hydrogens (primary N) is 1. The molecule has 0 fully saturated rings. The quantitative estimate of drug-likeness (QED) is 0.231. The predicted octanol–water partition coefficient (Wildman–Crippen LogP) is 2.70. The van der Waals surface area contributed by atoms with Crippen molar-refractivity contribution in [3.63, 3.8) is 0 Å². The molecule has 3 N–H and O–H groups in total. The SMILES string of the molecule is COc1ccc([N+](=O)[O-])cc1NC(=O)C(C)Sc1nnc(-c2ccccc2OC)n1N. The van der Waals surface area contributed by atoms with E-state index >= 15 is 0 Å². The van der Waals surface area contributed by atoms with Gasteiger partial charge in [0.15, 0.2) is 5.82 Å². The van der Waals surface area contributed by atoms with E-state index in [1.807, 2.05) is 12.1 Å². The highest BCUT2D eigenvalue weighted by atomic mass is 32.2. The number of carbonyl (C=O) groups is 1. The van der Waals surface area contributed by atoms with Gasteiger partial charge in [-0.15, -0.1) is 10.2 Å². The fourth-order valence-electron chi connectivity index (χ4n) is 2.72. The van der Waals surface area contributed by atoms with Gasteiger partial charge in [0.25, 0.3) is 5.69 Å². The molecule has 0 bridgehead atoms. The van der Waals surface area contributed by atoms with E-state index in [-0.39, 0.29) is 11.4 Å². The molecular weight excluding hydrogens is 424 g/mol. The lowest BCUT2D eigenvalue weighted by atomic mass is 10.2. The van der Waals surface area contributed by atoms with E-state index in [9.17, 15) is 14.9 Å². The van der Waals surface area contributed by atoms with E-state index in [0.29, 0.717) is 28.0 Å². The Morgan fingerprint density at radius 2 is 1.90 bits per heavy atom. The summed E-state index contributed by atoms with van der Waals surface area (Å²) in [4.78, 5) is 23.2. The number of nitrogens with zero attached hydrogens (tertiary/aromatic N) is 4. The van der Waals surface area contributed by atoms with Crippen molar-refractivity contribution >= 4 is 29.0 Å². The number of nitro groups is 1. The molecule has 3 aromatic rings. The smallest absolute Gasteiger partial charge is 0.271 e. The van der Waals surface area contributed by atoms with Crippen LogP contribution in [0.15, 0.2) is 47.6 Å². The van der Waals surface area contributed by atoms with Crippen molar-refractivity contribution in [2.45, 2.75) is 17.3 Å². The number of hydrogen-bond donors (Lipinski definition) is 2. The van der Waals surface area contributed by atoms with Crippen LogP contribution in [0.3, 0.4) is 0 Å². The maximum absolute atomic E-state index is 12.7. The molecule has 0 saturated heterocycles. The second-order valence-corrected chi connectivity index (χ2v) is 7.58.